The molecule has 2 nitrogen and oxygen atoms in total. The normalized spacial score (nSPS) is 13.3. The number of hydrogen-bond donors (Lipinski definition) is 1. The van der Waals surface area contributed by atoms with E-state index in [2.05, 4.69) is 26.1 Å². The average molecular weight is 227 g/mol. The SMILES string of the molecule is CC(C)CSCC(C)NCc1ccco1. The number of nitrogens with one attached hydrogen (secondary N) is 1. The van der Waals surface area contributed by atoms with Gasteiger partial charge in [0.1, 0.15) is 5.76 Å². The lowest BCUT2D eigenvalue weighted by molar-refractivity contribution is 0.466. The summed E-state index contributed by atoms with van der Waals surface area (Å²) < 4.78 is 5.26. The first kappa shape index (κ1) is 12.7. The fourth-order valence-corrected chi connectivity index (χ4v) is 2.31. The van der Waals surface area contributed by atoms with Crippen LogP contribution >= 0.6 is 11.8 Å². The van der Waals surface area contributed by atoms with Gasteiger partial charge in [-0.25, -0.2) is 0 Å². The van der Waals surface area contributed by atoms with Gasteiger partial charge < -0.3 is 9.73 Å². The molecule has 0 spiro atoms. The first-order valence-electron chi connectivity index (χ1n) is 5.52. The van der Waals surface area contributed by atoms with Crippen LogP contribution in [0.5, 0.6) is 0 Å². The van der Waals surface area contributed by atoms with Crippen LogP contribution in [0.15, 0.2) is 22.8 Å². The van der Waals surface area contributed by atoms with Crippen molar-refractivity contribution in [1.29, 1.82) is 0 Å². The van der Waals surface area contributed by atoms with Gasteiger partial charge in [0, 0.05) is 11.8 Å². The monoisotopic (exact) mass is 227 g/mol. The van der Waals surface area contributed by atoms with Crippen molar-refractivity contribution in [2.45, 2.75) is 33.4 Å². The molecule has 0 aromatic carbocycles. The van der Waals surface area contributed by atoms with Crippen molar-refractivity contribution in [3.63, 3.8) is 0 Å². The summed E-state index contributed by atoms with van der Waals surface area (Å²) in [4.78, 5) is 0. The van der Waals surface area contributed by atoms with Crippen LogP contribution in [0.25, 0.3) is 0 Å². The lowest BCUT2D eigenvalue weighted by atomic mass is 10.3. The molecule has 0 radical (unpaired) electrons. The molecule has 1 atom stereocenters. The minimum Gasteiger partial charge on any atom is -0.468 e. The van der Waals surface area contributed by atoms with E-state index in [9.17, 15) is 0 Å². The molecule has 0 amide bonds. The molecular formula is C12H21NOS. The third kappa shape index (κ3) is 5.90. The molecule has 1 aromatic heterocycles. The third-order valence-corrected chi connectivity index (χ3v) is 3.66. The Labute approximate surface area is 96.8 Å². The van der Waals surface area contributed by atoms with E-state index < -0.39 is 0 Å². The molecule has 0 aliphatic carbocycles. The zero-order valence-corrected chi connectivity index (χ0v) is 10.6. The standard InChI is InChI=1S/C12H21NOS/c1-10(2)8-15-9-11(3)13-7-12-5-4-6-14-12/h4-6,10-11,13H,7-9H2,1-3H3. The van der Waals surface area contributed by atoms with Crippen molar-refractivity contribution >= 4 is 11.8 Å². The fraction of sp³-hybridized carbons (Fsp3) is 0.667. The summed E-state index contributed by atoms with van der Waals surface area (Å²) in [6.45, 7) is 7.56. The van der Waals surface area contributed by atoms with Crippen molar-refractivity contribution in [3.05, 3.63) is 24.2 Å². The highest BCUT2D eigenvalue weighted by atomic mass is 32.2. The molecule has 0 aliphatic heterocycles. The van der Waals surface area contributed by atoms with Crippen molar-refractivity contribution in [2.24, 2.45) is 5.92 Å². The van der Waals surface area contributed by atoms with E-state index in [0.717, 1.165) is 18.2 Å². The summed E-state index contributed by atoms with van der Waals surface area (Å²) in [6.07, 6.45) is 1.72. The second-order valence-corrected chi connectivity index (χ2v) is 5.37. The number of furan rings is 1. The Morgan fingerprint density at radius 1 is 1.33 bits per heavy atom. The Bertz CT molecular complexity index is 246. The van der Waals surface area contributed by atoms with Crippen LogP contribution in [-0.4, -0.2) is 17.5 Å². The average Bonchev–Trinajstić information content (AvgIpc) is 2.66. The maximum atomic E-state index is 5.26. The highest BCUT2D eigenvalue weighted by Gasteiger charge is 2.03. The van der Waals surface area contributed by atoms with Crippen LogP contribution in [0.2, 0.25) is 0 Å². The molecule has 1 heterocycles. The summed E-state index contributed by atoms with van der Waals surface area (Å²) in [5.74, 6) is 4.20. The fourth-order valence-electron chi connectivity index (χ4n) is 1.23. The van der Waals surface area contributed by atoms with E-state index in [-0.39, 0.29) is 0 Å². The predicted molar refractivity (Wildman–Crippen MR) is 67.2 cm³/mol. The largest absolute Gasteiger partial charge is 0.468 e. The van der Waals surface area contributed by atoms with Crippen LogP contribution in [0.4, 0.5) is 0 Å². The Balaban J connectivity index is 2.06. The summed E-state index contributed by atoms with van der Waals surface area (Å²) >= 11 is 2.01. The highest BCUT2D eigenvalue weighted by Crippen LogP contribution is 2.09. The molecule has 0 aliphatic rings. The third-order valence-electron chi connectivity index (χ3n) is 2.02. The van der Waals surface area contributed by atoms with Gasteiger partial charge in [0.25, 0.3) is 0 Å². The molecule has 1 rings (SSSR count). The van der Waals surface area contributed by atoms with Crippen LogP contribution in [-0.2, 0) is 6.54 Å². The van der Waals surface area contributed by atoms with Crippen molar-refractivity contribution in [1.82, 2.24) is 5.32 Å². The molecule has 0 fully saturated rings. The van der Waals surface area contributed by atoms with Gasteiger partial charge >= 0.3 is 0 Å². The Morgan fingerprint density at radius 3 is 2.73 bits per heavy atom. The first-order valence-corrected chi connectivity index (χ1v) is 6.67. The molecule has 0 bridgehead atoms. The van der Waals surface area contributed by atoms with Gasteiger partial charge in [-0.05, 0) is 30.7 Å². The van der Waals surface area contributed by atoms with Crippen molar-refractivity contribution in [2.75, 3.05) is 11.5 Å². The molecule has 1 unspecified atom stereocenters. The van der Waals surface area contributed by atoms with E-state index in [0.29, 0.717) is 6.04 Å². The maximum Gasteiger partial charge on any atom is 0.117 e. The molecule has 1 N–H and O–H groups in total. The molecule has 86 valence electrons. The smallest absolute Gasteiger partial charge is 0.117 e. The Kier molecular flexibility index (Phi) is 5.88. The van der Waals surface area contributed by atoms with Crippen LogP contribution in [0.3, 0.4) is 0 Å². The zero-order valence-electron chi connectivity index (χ0n) is 9.82. The lowest BCUT2D eigenvalue weighted by Crippen LogP contribution is -2.27. The zero-order chi connectivity index (χ0) is 11.1. The van der Waals surface area contributed by atoms with Gasteiger partial charge in [-0.2, -0.15) is 11.8 Å². The Morgan fingerprint density at radius 2 is 2.13 bits per heavy atom. The number of thioether (sulfide) groups is 1. The molecule has 0 saturated heterocycles. The highest BCUT2D eigenvalue weighted by molar-refractivity contribution is 7.99. The summed E-state index contributed by atoms with van der Waals surface area (Å²) in [6, 6.07) is 4.47. The second-order valence-electron chi connectivity index (χ2n) is 4.29. The van der Waals surface area contributed by atoms with Crippen LogP contribution in [0.1, 0.15) is 26.5 Å². The number of rotatable bonds is 7. The molecule has 3 heteroatoms. The van der Waals surface area contributed by atoms with E-state index in [1.165, 1.54) is 11.5 Å². The van der Waals surface area contributed by atoms with Crippen LogP contribution < -0.4 is 5.32 Å². The predicted octanol–water partition coefficient (Wildman–Crippen LogP) is 3.15. The molecule has 1 aromatic rings. The van der Waals surface area contributed by atoms with Crippen molar-refractivity contribution in [3.8, 4) is 0 Å². The van der Waals surface area contributed by atoms with Crippen molar-refractivity contribution < 1.29 is 4.42 Å². The van der Waals surface area contributed by atoms with Gasteiger partial charge in [0.15, 0.2) is 0 Å². The van der Waals surface area contributed by atoms with E-state index >= 15 is 0 Å². The Hall–Kier alpha value is -0.410. The molecule has 15 heavy (non-hydrogen) atoms. The molecular weight excluding hydrogens is 206 g/mol. The minimum absolute atomic E-state index is 0.541. The van der Waals surface area contributed by atoms with Gasteiger partial charge in [-0.1, -0.05) is 13.8 Å². The topological polar surface area (TPSA) is 25.2 Å². The molecule has 0 saturated carbocycles. The lowest BCUT2D eigenvalue weighted by Gasteiger charge is -2.13. The van der Waals surface area contributed by atoms with Gasteiger partial charge in [0.05, 0.1) is 12.8 Å². The maximum absolute atomic E-state index is 5.26. The van der Waals surface area contributed by atoms with Gasteiger partial charge in [-0.3, -0.25) is 0 Å². The minimum atomic E-state index is 0.541. The van der Waals surface area contributed by atoms with Gasteiger partial charge in [0.2, 0.25) is 0 Å². The summed E-state index contributed by atoms with van der Waals surface area (Å²) in [5.41, 5.74) is 0. The van der Waals surface area contributed by atoms with Gasteiger partial charge in [-0.15, -0.1) is 0 Å². The number of hydrogen-bond acceptors (Lipinski definition) is 3. The van der Waals surface area contributed by atoms with E-state index in [4.69, 9.17) is 4.42 Å². The quantitative estimate of drug-likeness (QED) is 0.774. The summed E-state index contributed by atoms with van der Waals surface area (Å²) in [7, 11) is 0. The van der Waals surface area contributed by atoms with E-state index in [1.807, 2.05) is 23.9 Å². The van der Waals surface area contributed by atoms with E-state index in [1.54, 1.807) is 6.26 Å². The summed E-state index contributed by atoms with van der Waals surface area (Å²) in [5, 5.41) is 3.44. The first-order chi connectivity index (χ1) is 7.18. The second kappa shape index (κ2) is 6.96. The van der Waals surface area contributed by atoms with Crippen LogP contribution in [0, 0.1) is 5.92 Å².